The summed E-state index contributed by atoms with van der Waals surface area (Å²) in [6, 6.07) is 2.74. The lowest BCUT2D eigenvalue weighted by atomic mass is 9.97. The van der Waals surface area contributed by atoms with Gasteiger partial charge in [0.15, 0.2) is 0 Å². The van der Waals surface area contributed by atoms with Gasteiger partial charge in [0.1, 0.15) is 5.69 Å². The largest absolute Gasteiger partial charge is 0.379 e. The second-order valence-corrected chi connectivity index (χ2v) is 5.77. The highest BCUT2D eigenvalue weighted by Crippen LogP contribution is 2.34. The van der Waals surface area contributed by atoms with Gasteiger partial charge in [0, 0.05) is 12.6 Å². The van der Waals surface area contributed by atoms with Crippen molar-refractivity contribution in [1.82, 2.24) is 0 Å². The third-order valence-corrected chi connectivity index (χ3v) is 2.77. The van der Waals surface area contributed by atoms with Gasteiger partial charge in [0.2, 0.25) is 0 Å². The van der Waals surface area contributed by atoms with Crippen molar-refractivity contribution in [3.8, 4) is 0 Å². The highest BCUT2D eigenvalue weighted by molar-refractivity contribution is 6.42. The molecule has 0 radical (unpaired) electrons. The molecule has 0 aliphatic heterocycles. The van der Waals surface area contributed by atoms with Crippen LogP contribution < -0.4 is 5.32 Å². The highest BCUT2D eigenvalue weighted by atomic mass is 35.5. The van der Waals surface area contributed by atoms with Crippen LogP contribution in [0.5, 0.6) is 0 Å². The number of halogens is 2. The van der Waals surface area contributed by atoms with E-state index in [1.54, 1.807) is 0 Å². The highest BCUT2D eigenvalue weighted by Gasteiger charge is 2.18. The molecular formula is C11H14Cl2N2O2. The lowest BCUT2D eigenvalue weighted by Gasteiger charge is -2.19. The third-order valence-electron chi connectivity index (χ3n) is 2.04. The van der Waals surface area contributed by atoms with Crippen LogP contribution in [0.1, 0.15) is 20.8 Å². The van der Waals surface area contributed by atoms with Gasteiger partial charge in [-0.25, -0.2) is 0 Å². The van der Waals surface area contributed by atoms with Crippen LogP contribution in [-0.4, -0.2) is 11.5 Å². The lowest BCUT2D eigenvalue weighted by molar-refractivity contribution is -0.383. The minimum atomic E-state index is -0.479. The fraction of sp³-hybridized carbons (Fsp3) is 0.455. The molecule has 94 valence electrons. The van der Waals surface area contributed by atoms with Crippen molar-refractivity contribution in [1.29, 1.82) is 0 Å². The molecule has 1 aromatic rings. The standard InChI is InChI=1S/C11H14Cl2N2O2/c1-11(2,3)6-14-9-4-7(12)8(13)5-10(9)15(16)17/h4-5,14H,6H2,1-3H3. The monoisotopic (exact) mass is 276 g/mol. The maximum atomic E-state index is 10.9. The summed E-state index contributed by atoms with van der Waals surface area (Å²) in [5.74, 6) is 0. The van der Waals surface area contributed by atoms with Gasteiger partial charge < -0.3 is 5.32 Å². The number of rotatable bonds is 3. The zero-order chi connectivity index (χ0) is 13.2. The molecule has 0 fully saturated rings. The Hall–Kier alpha value is -1.00. The number of nitro groups is 1. The molecule has 0 atom stereocenters. The van der Waals surface area contributed by atoms with E-state index in [1.807, 2.05) is 20.8 Å². The summed E-state index contributed by atoms with van der Waals surface area (Å²) in [5, 5.41) is 14.4. The summed E-state index contributed by atoms with van der Waals surface area (Å²) >= 11 is 11.6. The van der Waals surface area contributed by atoms with E-state index in [1.165, 1.54) is 12.1 Å². The van der Waals surface area contributed by atoms with E-state index in [2.05, 4.69) is 5.32 Å². The summed E-state index contributed by atoms with van der Waals surface area (Å²) in [6.45, 7) is 6.70. The number of nitrogens with one attached hydrogen (secondary N) is 1. The quantitative estimate of drug-likeness (QED) is 0.659. The first-order valence-corrected chi connectivity index (χ1v) is 5.83. The Morgan fingerprint density at radius 3 is 2.29 bits per heavy atom. The van der Waals surface area contributed by atoms with E-state index < -0.39 is 4.92 Å². The smallest absolute Gasteiger partial charge is 0.293 e. The van der Waals surface area contributed by atoms with Crippen molar-refractivity contribution in [2.75, 3.05) is 11.9 Å². The summed E-state index contributed by atoms with van der Waals surface area (Å²) in [6.07, 6.45) is 0. The molecule has 0 unspecified atom stereocenters. The zero-order valence-electron chi connectivity index (χ0n) is 9.88. The van der Waals surface area contributed by atoms with Gasteiger partial charge in [0.25, 0.3) is 5.69 Å². The molecular weight excluding hydrogens is 263 g/mol. The molecule has 6 heteroatoms. The molecule has 0 saturated heterocycles. The molecule has 0 bridgehead atoms. The number of hydrogen-bond acceptors (Lipinski definition) is 3. The van der Waals surface area contributed by atoms with Crippen molar-refractivity contribution >= 4 is 34.6 Å². The van der Waals surface area contributed by atoms with Crippen LogP contribution in [0.25, 0.3) is 0 Å². The number of benzene rings is 1. The van der Waals surface area contributed by atoms with E-state index in [4.69, 9.17) is 23.2 Å². The molecule has 0 aliphatic carbocycles. The zero-order valence-corrected chi connectivity index (χ0v) is 11.4. The SMILES string of the molecule is CC(C)(C)CNc1cc(Cl)c(Cl)cc1[N+](=O)[O-]. The molecule has 0 aliphatic rings. The van der Waals surface area contributed by atoms with E-state index in [9.17, 15) is 10.1 Å². The van der Waals surface area contributed by atoms with Crippen LogP contribution >= 0.6 is 23.2 Å². The number of anilines is 1. The van der Waals surface area contributed by atoms with Crippen molar-refractivity contribution < 1.29 is 4.92 Å². The lowest BCUT2D eigenvalue weighted by Crippen LogP contribution is -2.19. The van der Waals surface area contributed by atoms with Crippen molar-refractivity contribution in [2.45, 2.75) is 20.8 Å². The molecule has 1 rings (SSSR count). The van der Waals surface area contributed by atoms with Crippen LogP contribution in [0.3, 0.4) is 0 Å². The Labute approximate surface area is 110 Å². The Morgan fingerprint density at radius 1 is 1.29 bits per heavy atom. The minimum Gasteiger partial charge on any atom is -0.379 e. The summed E-state index contributed by atoms with van der Waals surface area (Å²) < 4.78 is 0. The summed E-state index contributed by atoms with van der Waals surface area (Å²) in [5.41, 5.74) is 0.336. The predicted octanol–water partition coefficient (Wildman–Crippen LogP) is 4.36. The minimum absolute atomic E-state index is 0.0139. The molecule has 0 amide bonds. The summed E-state index contributed by atoms with van der Waals surface area (Å²) in [4.78, 5) is 10.4. The molecule has 17 heavy (non-hydrogen) atoms. The number of nitrogens with zero attached hydrogens (tertiary/aromatic N) is 1. The molecule has 0 aromatic heterocycles. The Bertz CT molecular complexity index is 442. The van der Waals surface area contributed by atoms with Crippen molar-refractivity contribution in [3.63, 3.8) is 0 Å². The first-order valence-electron chi connectivity index (χ1n) is 5.08. The van der Waals surface area contributed by atoms with E-state index in [0.717, 1.165) is 0 Å². The van der Waals surface area contributed by atoms with Gasteiger partial charge in [-0.3, -0.25) is 10.1 Å². The first-order chi connectivity index (χ1) is 7.70. The molecule has 0 spiro atoms. The predicted molar refractivity (Wildman–Crippen MR) is 71.1 cm³/mol. The van der Waals surface area contributed by atoms with Crippen LogP contribution in [0, 0.1) is 15.5 Å². The summed E-state index contributed by atoms with van der Waals surface area (Å²) in [7, 11) is 0. The van der Waals surface area contributed by atoms with Crippen molar-refractivity contribution in [3.05, 3.63) is 32.3 Å². The van der Waals surface area contributed by atoms with Crippen LogP contribution in [0.2, 0.25) is 10.0 Å². The van der Waals surface area contributed by atoms with E-state index in [-0.39, 0.29) is 16.1 Å². The van der Waals surface area contributed by atoms with Gasteiger partial charge in [-0.2, -0.15) is 0 Å². The normalized spacial score (nSPS) is 11.4. The molecule has 0 saturated carbocycles. The van der Waals surface area contributed by atoms with Gasteiger partial charge >= 0.3 is 0 Å². The Kier molecular flexibility index (Phi) is 4.22. The van der Waals surface area contributed by atoms with Crippen LogP contribution in [0.15, 0.2) is 12.1 Å². The number of hydrogen-bond donors (Lipinski definition) is 1. The molecule has 4 nitrogen and oxygen atoms in total. The van der Waals surface area contributed by atoms with E-state index in [0.29, 0.717) is 17.3 Å². The van der Waals surface area contributed by atoms with Crippen LogP contribution in [0.4, 0.5) is 11.4 Å². The van der Waals surface area contributed by atoms with Gasteiger partial charge in [0.05, 0.1) is 15.0 Å². The average molecular weight is 277 g/mol. The molecule has 0 heterocycles. The van der Waals surface area contributed by atoms with Gasteiger partial charge in [-0.05, 0) is 11.5 Å². The topological polar surface area (TPSA) is 55.2 Å². The first kappa shape index (κ1) is 14.1. The second-order valence-electron chi connectivity index (χ2n) is 4.95. The molecule has 1 N–H and O–H groups in total. The van der Waals surface area contributed by atoms with Crippen LogP contribution in [-0.2, 0) is 0 Å². The second kappa shape index (κ2) is 5.10. The Balaban J connectivity index is 3.05. The third kappa shape index (κ3) is 4.06. The average Bonchev–Trinajstić information content (AvgIpc) is 2.17. The maximum Gasteiger partial charge on any atom is 0.293 e. The van der Waals surface area contributed by atoms with Gasteiger partial charge in [-0.1, -0.05) is 44.0 Å². The Morgan fingerprint density at radius 2 is 1.82 bits per heavy atom. The maximum absolute atomic E-state index is 10.9. The van der Waals surface area contributed by atoms with Gasteiger partial charge in [-0.15, -0.1) is 0 Å². The van der Waals surface area contributed by atoms with E-state index >= 15 is 0 Å². The fourth-order valence-corrected chi connectivity index (χ4v) is 1.51. The molecule has 1 aromatic carbocycles. The van der Waals surface area contributed by atoms with Crippen molar-refractivity contribution in [2.24, 2.45) is 5.41 Å². The number of nitro benzene ring substituents is 1. The fourth-order valence-electron chi connectivity index (χ4n) is 1.19.